The van der Waals surface area contributed by atoms with Gasteiger partial charge in [-0.05, 0) is 6.42 Å². The molecule has 0 saturated heterocycles. The Balaban J connectivity index is 3.33. The number of nitrogens with two attached hydrogens (primary N) is 1. The van der Waals surface area contributed by atoms with Crippen LogP contribution in [0, 0.1) is 0 Å². The molecule has 0 bridgehead atoms. The number of carbonyl (C=O) groups is 2. The SMILES string of the molecule is CCCCCCCCC(=O)OC(=O)OON. The summed E-state index contributed by atoms with van der Waals surface area (Å²) in [5, 5.41) is 0. The van der Waals surface area contributed by atoms with Crippen molar-refractivity contribution in [3.05, 3.63) is 0 Å². The summed E-state index contributed by atoms with van der Waals surface area (Å²) in [5.74, 6) is 3.81. The molecule has 2 N–H and O–H groups in total. The second-order valence-electron chi connectivity index (χ2n) is 3.42. The Morgan fingerprint density at radius 3 is 2.31 bits per heavy atom. The van der Waals surface area contributed by atoms with E-state index < -0.39 is 12.1 Å². The van der Waals surface area contributed by atoms with Gasteiger partial charge in [-0.2, -0.15) is 5.90 Å². The Hall–Kier alpha value is -1.14. The molecule has 0 amide bonds. The van der Waals surface area contributed by atoms with Gasteiger partial charge in [0.2, 0.25) is 0 Å². The maximum Gasteiger partial charge on any atom is 0.549 e. The normalized spacial score (nSPS) is 9.88. The highest BCUT2D eigenvalue weighted by molar-refractivity contribution is 5.81. The lowest BCUT2D eigenvalue weighted by Crippen LogP contribution is -2.15. The van der Waals surface area contributed by atoms with Crippen molar-refractivity contribution in [2.75, 3.05) is 0 Å². The van der Waals surface area contributed by atoms with Gasteiger partial charge in [0.15, 0.2) is 0 Å². The van der Waals surface area contributed by atoms with Gasteiger partial charge in [-0.1, -0.05) is 44.0 Å². The highest BCUT2D eigenvalue weighted by atomic mass is 17.3. The molecule has 0 aliphatic heterocycles. The molecule has 0 atom stereocenters. The van der Waals surface area contributed by atoms with E-state index in [0.717, 1.165) is 12.8 Å². The molecule has 0 rings (SSSR count). The summed E-state index contributed by atoms with van der Waals surface area (Å²) in [5.41, 5.74) is 0. The fourth-order valence-corrected chi connectivity index (χ4v) is 1.25. The van der Waals surface area contributed by atoms with Crippen LogP contribution in [0.25, 0.3) is 0 Å². The molecule has 0 fully saturated rings. The third kappa shape index (κ3) is 9.42. The predicted octanol–water partition coefficient (Wildman–Crippen LogP) is 2.22. The van der Waals surface area contributed by atoms with Crippen molar-refractivity contribution in [2.45, 2.75) is 51.9 Å². The highest BCUT2D eigenvalue weighted by Gasteiger charge is 2.11. The molecule has 0 aromatic carbocycles. The fraction of sp³-hybridized carbons (Fsp3) is 0.800. The first-order valence-electron chi connectivity index (χ1n) is 5.48. The first-order valence-corrected chi connectivity index (χ1v) is 5.48. The lowest BCUT2D eigenvalue weighted by molar-refractivity contribution is -0.257. The molecule has 0 aliphatic carbocycles. The van der Waals surface area contributed by atoms with Crippen LogP contribution in [0.3, 0.4) is 0 Å². The summed E-state index contributed by atoms with van der Waals surface area (Å²) in [6, 6.07) is 0. The Morgan fingerprint density at radius 1 is 1.06 bits per heavy atom. The van der Waals surface area contributed by atoms with E-state index in [-0.39, 0.29) is 6.42 Å². The maximum absolute atomic E-state index is 11.0. The van der Waals surface area contributed by atoms with E-state index in [1.54, 1.807) is 0 Å². The second-order valence-corrected chi connectivity index (χ2v) is 3.42. The highest BCUT2D eigenvalue weighted by Crippen LogP contribution is 2.07. The third-order valence-corrected chi connectivity index (χ3v) is 2.05. The topological polar surface area (TPSA) is 87.9 Å². The van der Waals surface area contributed by atoms with E-state index in [9.17, 15) is 9.59 Å². The molecule has 6 heteroatoms. The largest absolute Gasteiger partial charge is 0.549 e. The molecular formula is C10H19NO5. The van der Waals surface area contributed by atoms with E-state index in [4.69, 9.17) is 0 Å². The summed E-state index contributed by atoms with van der Waals surface area (Å²) >= 11 is 0. The van der Waals surface area contributed by atoms with Gasteiger partial charge in [0.25, 0.3) is 0 Å². The monoisotopic (exact) mass is 233 g/mol. The molecule has 0 saturated carbocycles. The van der Waals surface area contributed by atoms with Gasteiger partial charge < -0.3 is 4.74 Å². The van der Waals surface area contributed by atoms with Crippen LogP contribution in [-0.2, 0) is 19.4 Å². The molecule has 16 heavy (non-hydrogen) atoms. The van der Waals surface area contributed by atoms with Crippen LogP contribution in [0.15, 0.2) is 0 Å². The van der Waals surface area contributed by atoms with Gasteiger partial charge in [0.1, 0.15) is 0 Å². The van der Waals surface area contributed by atoms with Crippen molar-refractivity contribution in [2.24, 2.45) is 5.90 Å². The Kier molecular flexibility index (Phi) is 9.64. The number of esters is 1. The van der Waals surface area contributed by atoms with Crippen LogP contribution in [-0.4, -0.2) is 12.1 Å². The number of carbonyl (C=O) groups excluding carboxylic acids is 2. The molecule has 94 valence electrons. The number of rotatable bonds is 8. The summed E-state index contributed by atoms with van der Waals surface area (Å²) in [6.45, 7) is 2.14. The molecule has 0 aliphatic rings. The number of hydrogen-bond donors (Lipinski definition) is 1. The number of unbranched alkanes of at least 4 members (excludes halogenated alkanes) is 5. The molecule has 6 nitrogen and oxygen atoms in total. The minimum absolute atomic E-state index is 0.200. The van der Waals surface area contributed by atoms with Crippen LogP contribution in [0.5, 0.6) is 0 Å². The quantitative estimate of drug-likeness (QED) is 0.227. The van der Waals surface area contributed by atoms with Gasteiger partial charge in [-0.15, -0.1) is 0 Å². The molecule has 0 radical (unpaired) electrons. The van der Waals surface area contributed by atoms with Crippen LogP contribution < -0.4 is 5.90 Å². The molecule has 0 spiro atoms. The van der Waals surface area contributed by atoms with Crippen LogP contribution >= 0.6 is 0 Å². The maximum atomic E-state index is 11.0. The smallest absolute Gasteiger partial charge is 0.359 e. The van der Waals surface area contributed by atoms with Crippen LogP contribution in [0.2, 0.25) is 0 Å². The average Bonchev–Trinajstić information content (AvgIpc) is 2.23. The summed E-state index contributed by atoms with van der Waals surface area (Å²) in [6.07, 6.45) is 5.30. The fourth-order valence-electron chi connectivity index (χ4n) is 1.25. The summed E-state index contributed by atoms with van der Waals surface area (Å²) in [7, 11) is 0. The van der Waals surface area contributed by atoms with Crippen molar-refractivity contribution in [3.8, 4) is 0 Å². The van der Waals surface area contributed by atoms with Crippen molar-refractivity contribution >= 4 is 12.1 Å². The first kappa shape index (κ1) is 14.9. The van der Waals surface area contributed by atoms with Crippen molar-refractivity contribution in [1.82, 2.24) is 0 Å². The van der Waals surface area contributed by atoms with E-state index in [1.807, 2.05) is 0 Å². The third-order valence-electron chi connectivity index (χ3n) is 2.05. The minimum Gasteiger partial charge on any atom is -0.359 e. The molecular weight excluding hydrogens is 214 g/mol. The Bertz CT molecular complexity index is 207. The Morgan fingerprint density at radius 2 is 1.69 bits per heavy atom. The zero-order valence-electron chi connectivity index (χ0n) is 9.57. The van der Waals surface area contributed by atoms with E-state index in [2.05, 4.69) is 27.4 Å². The lowest BCUT2D eigenvalue weighted by Gasteiger charge is -2.01. The van der Waals surface area contributed by atoms with Crippen LogP contribution in [0.4, 0.5) is 4.79 Å². The van der Waals surface area contributed by atoms with Crippen molar-refractivity contribution in [1.29, 1.82) is 0 Å². The Labute approximate surface area is 94.9 Å². The average molecular weight is 233 g/mol. The molecule has 0 aromatic rings. The summed E-state index contributed by atoms with van der Waals surface area (Å²) < 4.78 is 4.21. The van der Waals surface area contributed by atoms with E-state index >= 15 is 0 Å². The summed E-state index contributed by atoms with van der Waals surface area (Å²) in [4.78, 5) is 28.9. The predicted molar refractivity (Wildman–Crippen MR) is 55.8 cm³/mol. The number of hydrogen-bond acceptors (Lipinski definition) is 6. The van der Waals surface area contributed by atoms with Crippen LogP contribution in [0.1, 0.15) is 51.9 Å². The van der Waals surface area contributed by atoms with Gasteiger partial charge in [-0.25, -0.2) is 9.68 Å². The standard InChI is InChI=1S/C10H19NO5/c1-2-3-4-5-6-7-8-9(12)14-10(13)15-16-11/h2-8,11H2,1H3. The van der Waals surface area contributed by atoms with E-state index in [1.165, 1.54) is 19.3 Å². The molecule has 0 heterocycles. The van der Waals surface area contributed by atoms with E-state index in [0.29, 0.717) is 6.42 Å². The first-order chi connectivity index (χ1) is 7.70. The van der Waals surface area contributed by atoms with Gasteiger partial charge in [-0.3, -0.25) is 4.79 Å². The van der Waals surface area contributed by atoms with Gasteiger partial charge in [0.05, 0.1) is 0 Å². The second kappa shape index (κ2) is 10.4. The van der Waals surface area contributed by atoms with Gasteiger partial charge >= 0.3 is 12.1 Å². The molecule has 0 unspecified atom stereocenters. The van der Waals surface area contributed by atoms with Crippen molar-refractivity contribution < 1.29 is 24.2 Å². The zero-order valence-corrected chi connectivity index (χ0v) is 9.57. The lowest BCUT2D eigenvalue weighted by atomic mass is 10.1. The minimum atomic E-state index is -1.24. The molecule has 0 aromatic heterocycles. The number of ether oxygens (including phenoxy) is 1. The van der Waals surface area contributed by atoms with Crippen molar-refractivity contribution in [3.63, 3.8) is 0 Å². The van der Waals surface area contributed by atoms with Gasteiger partial charge in [0, 0.05) is 6.42 Å². The zero-order chi connectivity index (χ0) is 12.2.